The van der Waals surface area contributed by atoms with E-state index >= 15 is 0 Å². The third kappa shape index (κ3) is 40.7. The molecule has 0 unspecified atom stereocenters. The molecule has 0 aromatic rings. The number of hydrogen-bond acceptors (Lipinski definition) is 5. The molecule has 0 radical (unpaired) electrons. The Morgan fingerprint density at radius 2 is 1.29 bits per heavy atom. The molecule has 0 aliphatic heterocycles. The van der Waals surface area contributed by atoms with Crippen molar-refractivity contribution in [2.75, 3.05) is 60.4 Å². The average Bonchev–Trinajstić information content (AvgIpc) is 2.92. The lowest BCUT2D eigenvalue weighted by atomic mass is 9.97. The third-order valence-corrected chi connectivity index (χ3v) is 5.48. The standard InChI is InChI=1S/C14H24N2O.C13H22N2O.C10H19NO/c1-5-6-7-11-16-13(17)9-8-10-15-12-14(2,3)4;1-6-10-15(5)12(16)8-7-9-14-11-13(2,3)4;1-9(2)7-5-6-8-10(12)11(3)4/h1,8-9,15H,6-7,10-12H2,2-4H3,(H,16,17);1,7-8,14H,9-11H2,2-5H3;6,8-9H,5,7H2,1-4H3/b9-8+;8-7+;8-6+. The summed E-state index contributed by atoms with van der Waals surface area (Å²) in [6, 6.07) is 0. The number of nitrogens with zero attached hydrogens (tertiary/aromatic N) is 2. The largest absolute Gasteiger partial charge is 0.353 e. The fourth-order valence-electron chi connectivity index (χ4n) is 2.95. The van der Waals surface area contributed by atoms with Crippen LogP contribution in [0.1, 0.15) is 81.1 Å². The van der Waals surface area contributed by atoms with Gasteiger partial charge in [-0.05, 0) is 42.1 Å². The van der Waals surface area contributed by atoms with E-state index in [0.29, 0.717) is 32.0 Å². The first kappa shape index (κ1) is 46.1. The topological polar surface area (TPSA) is 93.8 Å². The van der Waals surface area contributed by atoms with Crippen molar-refractivity contribution in [2.45, 2.75) is 81.1 Å². The van der Waals surface area contributed by atoms with Gasteiger partial charge in [0.25, 0.3) is 0 Å². The Morgan fingerprint density at radius 1 is 0.778 bits per heavy atom. The van der Waals surface area contributed by atoms with Gasteiger partial charge in [0.2, 0.25) is 17.7 Å². The average molecular weight is 628 g/mol. The fraction of sp³-hybridized carbons (Fsp3) is 0.649. The molecule has 0 rings (SSSR count). The van der Waals surface area contributed by atoms with Crippen LogP contribution in [0.4, 0.5) is 0 Å². The van der Waals surface area contributed by atoms with Crippen molar-refractivity contribution in [2.24, 2.45) is 16.7 Å². The van der Waals surface area contributed by atoms with E-state index < -0.39 is 0 Å². The molecule has 256 valence electrons. The highest BCUT2D eigenvalue weighted by atomic mass is 16.2. The van der Waals surface area contributed by atoms with Crippen LogP contribution >= 0.6 is 0 Å². The number of rotatable bonds is 16. The van der Waals surface area contributed by atoms with E-state index in [1.807, 2.05) is 18.2 Å². The van der Waals surface area contributed by atoms with Crippen LogP contribution < -0.4 is 16.0 Å². The maximum atomic E-state index is 11.4. The Labute approximate surface area is 276 Å². The van der Waals surface area contributed by atoms with Gasteiger partial charge in [-0.25, -0.2) is 0 Å². The fourth-order valence-corrected chi connectivity index (χ4v) is 2.95. The number of carbonyl (C=O) groups excluding carboxylic acids is 3. The maximum absolute atomic E-state index is 11.4. The summed E-state index contributed by atoms with van der Waals surface area (Å²) in [7, 11) is 5.21. The van der Waals surface area contributed by atoms with E-state index in [4.69, 9.17) is 12.8 Å². The summed E-state index contributed by atoms with van der Waals surface area (Å²) in [6.45, 7) is 21.6. The van der Waals surface area contributed by atoms with Gasteiger partial charge in [0.1, 0.15) is 0 Å². The van der Waals surface area contributed by atoms with Gasteiger partial charge in [-0.3, -0.25) is 14.4 Å². The summed E-state index contributed by atoms with van der Waals surface area (Å²) >= 11 is 0. The van der Waals surface area contributed by atoms with Gasteiger partial charge >= 0.3 is 0 Å². The lowest BCUT2D eigenvalue weighted by Crippen LogP contribution is -2.28. The van der Waals surface area contributed by atoms with E-state index in [1.165, 1.54) is 4.90 Å². The molecule has 0 aromatic carbocycles. The Morgan fingerprint density at radius 3 is 1.73 bits per heavy atom. The van der Waals surface area contributed by atoms with E-state index in [9.17, 15) is 14.4 Å². The molecule has 8 nitrogen and oxygen atoms in total. The van der Waals surface area contributed by atoms with Gasteiger partial charge in [0, 0.05) is 72.4 Å². The first-order valence-electron chi connectivity index (χ1n) is 15.9. The Hall–Kier alpha value is -3.33. The number of nitrogens with one attached hydrogen (secondary N) is 3. The highest BCUT2D eigenvalue weighted by molar-refractivity contribution is 5.88. The maximum Gasteiger partial charge on any atom is 0.246 e. The van der Waals surface area contributed by atoms with Crippen molar-refractivity contribution in [1.29, 1.82) is 0 Å². The molecule has 45 heavy (non-hydrogen) atoms. The van der Waals surface area contributed by atoms with Crippen molar-refractivity contribution in [3.05, 3.63) is 36.5 Å². The lowest BCUT2D eigenvalue weighted by molar-refractivity contribution is -0.124. The SMILES string of the molecule is C#CCCCNC(=O)/C=C/CNCC(C)(C)C.C#CCN(C)C(=O)/C=C/CNCC(C)(C)C.CC(C)CC/C=C/C(=O)N(C)C. The van der Waals surface area contributed by atoms with Gasteiger partial charge in [0.05, 0.1) is 6.54 Å². The molecule has 3 amide bonds. The highest BCUT2D eigenvalue weighted by Gasteiger charge is 2.08. The number of amides is 3. The van der Waals surface area contributed by atoms with Gasteiger partial charge in [-0.1, -0.05) is 79.5 Å². The molecule has 3 N–H and O–H groups in total. The van der Waals surface area contributed by atoms with E-state index in [1.54, 1.807) is 44.3 Å². The van der Waals surface area contributed by atoms with E-state index in [2.05, 4.69) is 83.2 Å². The first-order chi connectivity index (χ1) is 20.9. The molecule has 0 spiro atoms. The monoisotopic (exact) mass is 628 g/mol. The molecule has 0 atom stereocenters. The molecule has 8 heteroatoms. The number of hydrogen-bond donors (Lipinski definition) is 3. The number of allylic oxidation sites excluding steroid dienone is 1. The van der Waals surface area contributed by atoms with E-state index in [0.717, 1.165) is 38.9 Å². The number of carbonyl (C=O) groups is 3. The van der Waals surface area contributed by atoms with Gasteiger partial charge in [-0.2, -0.15) is 0 Å². The molecule has 0 aromatic heterocycles. The summed E-state index contributed by atoms with van der Waals surface area (Å²) in [6.07, 6.45) is 24.3. The summed E-state index contributed by atoms with van der Waals surface area (Å²) < 4.78 is 0. The summed E-state index contributed by atoms with van der Waals surface area (Å²) in [5.41, 5.74) is 0.531. The second-order valence-corrected chi connectivity index (χ2v) is 13.8. The van der Waals surface area contributed by atoms with Crippen LogP contribution in [0.5, 0.6) is 0 Å². The zero-order valence-electron chi connectivity index (χ0n) is 30.4. The van der Waals surface area contributed by atoms with Crippen LogP contribution in [0, 0.1) is 41.4 Å². The minimum atomic E-state index is -0.0597. The number of terminal acetylenes is 2. The quantitative estimate of drug-likeness (QED) is 0.127. The number of unbranched alkanes of at least 4 members (excludes halogenated alkanes) is 1. The Balaban J connectivity index is -0.000000597. The van der Waals surface area contributed by atoms with E-state index in [-0.39, 0.29) is 28.6 Å². The van der Waals surface area contributed by atoms with Crippen molar-refractivity contribution < 1.29 is 14.4 Å². The van der Waals surface area contributed by atoms with Gasteiger partial charge < -0.3 is 25.8 Å². The van der Waals surface area contributed by atoms with Crippen LogP contribution in [0.15, 0.2) is 36.5 Å². The van der Waals surface area contributed by atoms with Gasteiger partial charge in [0.15, 0.2) is 0 Å². The Kier molecular flexibility index (Phi) is 28.8. The second kappa shape index (κ2) is 28.2. The molecular formula is C37H65N5O3. The second-order valence-electron chi connectivity index (χ2n) is 13.8. The highest BCUT2D eigenvalue weighted by Crippen LogP contribution is 2.10. The Bertz CT molecular complexity index is 968. The van der Waals surface area contributed by atoms with Crippen LogP contribution in [-0.4, -0.2) is 87.9 Å². The predicted molar refractivity (Wildman–Crippen MR) is 192 cm³/mol. The van der Waals surface area contributed by atoms with Crippen LogP contribution in [0.25, 0.3) is 0 Å². The van der Waals surface area contributed by atoms with Crippen LogP contribution in [0.3, 0.4) is 0 Å². The molecule has 0 saturated carbocycles. The molecule has 0 fully saturated rings. The van der Waals surface area contributed by atoms with Crippen molar-refractivity contribution in [3.8, 4) is 24.7 Å². The summed E-state index contributed by atoms with van der Waals surface area (Å²) in [4.78, 5) is 36.8. The van der Waals surface area contributed by atoms with Crippen LogP contribution in [0.2, 0.25) is 0 Å². The number of likely N-dealkylation sites (N-methyl/N-ethyl adjacent to an activating group) is 2. The first-order valence-corrected chi connectivity index (χ1v) is 15.9. The molecular weight excluding hydrogens is 562 g/mol. The zero-order valence-corrected chi connectivity index (χ0v) is 30.4. The summed E-state index contributed by atoms with van der Waals surface area (Å²) in [5.74, 6) is 5.63. The third-order valence-electron chi connectivity index (χ3n) is 5.48. The minimum Gasteiger partial charge on any atom is -0.353 e. The van der Waals surface area contributed by atoms with Crippen molar-refractivity contribution in [1.82, 2.24) is 25.8 Å². The lowest BCUT2D eigenvalue weighted by Gasteiger charge is -2.17. The molecule has 0 heterocycles. The normalized spacial score (nSPS) is 11.3. The van der Waals surface area contributed by atoms with Crippen molar-refractivity contribution >= 4 is 17.7 Å². The summed E-state index contributed by atoms with van der Waals surface area (Å²) in [5, 5.41) is 9.29. The predicted octanol–water partition coefficient (Wildman–Crippen LogP) is 5.04. The van der Waals surface area contributed by atoms with Crippen molar-refractivity contribution in [3.63, 3.8) is 0 Å². The molecule has 0 aliphatic carbocycles. The zero-order chi connectivity index (χ0) is 35.3. The molecule has 0 aliphatic rings. The molecule has 0 bridgehead atoms. The smallest absolute Gasteiger partial charge is 0.246 e. The molecule has 0 saturated heterocycles. The van der Waals surface area contributed by atoms with Crippen LogP contribution in [-0.2, 0) is 14.4 Å². The minimum absolute atomic E-state index is 0.0559. The van der Waals surface area contributed by atoms with Gasteiger partial charge in [-0.15, -0.1) is 18.8 Å².